The summed E-state index contributed by atoms with van der Waals surface area (Å²) in [6.45, 7) is 6.80. The van der Waals surface area contributed by atoms with Crippen molar-refractivity contribution in [2.75, 3.05) is 5.32 Å². The van der Waals surface area contributed by atoms with Crippen molar-refractivity contribution >= 4 is 16.6 Å². The lowest BCUT2D eigenvalue weighted by molar-refractivity contribution is 1.08. The number of fused-ring (bicyclic) bond motifs is 1. The van der Waals surface area contributed by atoms with E-state index >= 15 is 0 Å². The molecule has 33 heavy (non-hydrogen) atoms. The van der Waals surface area contributed by atoms with E-state index in [2.05, 4.69) is 70.5 Å². The lowest BCUT2D eigenvalue weighted by Gasteiger charge is -2.12. The number of rotatable bonds is 5. The number of benzene rings is 1. The van der Waals surface area contributed by atoms with Crippen molar-refractivity contribution in [1.29, 1.82) is 0 Å². The Morgan fingerprint density at radius 1 is 0.727 bits per heavy atom. The second-order valence-corrected chi connectivity index (χ2v) is 8.39. The lowest BCUT2D eigenvalue weighted by Crippen LogP contribution is -2.03. The fourth-order valence-electron chi connectivity index (χ4n) is 4.12. The van der Waals surface area contributed by atoms with Gasteiger partial charge in [0.1, 0.15) is 5.82 Å². The highest BCUT2D eigenvalue weighted by atomic mass is 15.0. The number of anilines is 1. The third-order valence-electron chi connectivity index (χ3n) is 5.74. The summed E-state index contributed by atoms with van der Waals surface area (Å²) in [5, 5.41) is 5.73. The number of aryl methyl sites for hydroxylation is 3. The summed E-state index contributed by atoms with van der Waals surface area (Å²) >= 11 is 0. The van der Waals surface area contributed by atoms with Crippen LogP contribution in [0.4, 0.5) is 5.82 Å². The van der Waals surface area contributed by atoms with Crippen molar-refractivity contribution in [2.45, 2.75) is 27.3 Å². The first-order valence-corrected chi connectivity index (χ1v) is 11.0. The van der Waals surface area contributed by atoms with E-state index < -0.39 is 0 Å². The van der Waals surface area contributed by atoms with Crippen molar-refractivity contribution in [3.63, 3.8) is 0 Å². The zero-order chi connectivity index (χ0) is 22.8. The highest BCUT2D eigenvalue weighted by Crippen LogP contribution is 2.28. The maximum atomic E-state index is 4.72. The molecule has 0 bridgehead atoms. The van der Waals surface area contributed by atoms with E-state index in [1.165, 1.54) is 0 Å². The number of hydrogen-bond donors (Lipinski definition) is 1. The van der Waals surface area contributed by atoms with Crippen molar-refractivity contribution in [3.05, 3.63) is 102 Å². The van der Waals surface area contributed by atoms with Gasteiger partial charge in [-0.3, -0.25) is 15.0 Å². The first kappa shape index (κ1) is 20.8. The van der Waals surface area contributed by atoms with Gasteiger partial charge in [0.25, 0.3) is 0 Å². The third-order valence-corrected chi connectivity index (χ3v) is 5.74. The van der Waals surface area contributed by atoms with Gasteiger partial charge in [-0.2, -0.15) is 0 Å². The molecule has 0 unspecified atom stereocenters. The Bertz CT molecular complexity index is 1460. The molecule has 5 heteroatoms. The van der Waals surface area contributed by atoms with Gasteiger partial charge < -0.3 is 5.32 Å². The normalized spacial score (nSPS) is 11.0. The molecule has 0 aliphatic rings. The van der Waals surface area contributed by atoms with Crippen LogP contribution in [0, 0.1) is 20.8 Å². The first-order chi connectivity index (χ1) is 16.1. The number of aromatic nitrogens is 4. The van der Waals surface area contributed by atoms with Gasteiger partial charge in [0.2, 0.25) is 0 Å². The Hall–Kier alpha value is -4.12. The molecule has 4 heterocycles. The summed E-state index contributed by atoms with van der Waals surface area (Å²) in [5.74, 6) is 0.868. The predicted molar refractivity (Wildman–Crippen MR) is 134 cm³/mol. The molecule has 0 spiro atoms. The SMILES string of the molecule is Cc1cncc(-c2ccc3c(NCc4cnc(-c5ccnc(C)c5)c(C)c4)nccc3c2)c1. The van der Waals surface area contributed by atoms with Crippen molar-refractivity contribution < 1.29 is 0 Å². The van der Waals surface area contributed by atoms with Crippen LogP contribution >= 0.6 is 0 Å². The molecule has 1 N–H and O–H groups in total. The summed E-state index contributed by atoms with van der Waals surface area (Å²) in [5.41, 5.74) is 8.75. The zero-order valence-corrected chi connectivity index (χ0v) is 19.0. The minimum atomic E-state index is 0.652. The number of nitrogens with one attached hydrogen (secondary N) is 1. The highest BCUT2D eigenvalue weighted by molar-refractivity contribution is 5.94. The number of nitrogens with zero attached hydrogens (tertiary/aromatic N) is 4. The third kappa shape index (κ3) is 4.44. The molecule has 4 aromatic heterocycles. The van der Waals surface area contributed by atoms with Crippen LogP contribution in [0.5, 0.6) is 0 Å². The molecule has 0 atom stereocenters. The standard InChI is InChI=1S/C28H25N5/c1-18-10-25(17-29-14-18)22-4-5-26-23(13-22)6-9-31-28(26)33-16-21-11-19(2)27(32-15-21)24-7-8-30-20(3)12-24/h4-15,17H,16H2,1-3H3,(H,31,33). The first-order valence-electron chi connectivity index (χ1n) is 11.0. The maximum absolute atomic E-state index is 4.72. The van der Waals surface area contributed by atoms with E-state index in [1.54, 1.807) is 0 Å². The van der Waals surface area contributed by atoms with E-state index in [-0.39, 0.29) is 0 Å². The molecule has 162 valence electrons. The Morgan fingerprint density at radius 2 is 1.61 bits per heavy atom. The van der Waals surface area contributed by atoms with Crippen LogP contribution < -0.4 is 5.32 Å². The van der Waals surface area contributed by atoms with Crippen LogP contribution in [0.15, 0.2) is 79.5 Å². The van der Waals surface area contributed by atoms with Crippen LogP contribution in [0.25, 0.3) is 33.2 Å². The zero-order valence-electron chi connectivity index (χ0n) is 19.0. The van der Waals surface area contributed by atoms with Crippen molar-refractivity contribution in [2.24, 2.45) is 0 Å². The molecule has 0 amide bonds. The van der Waals surface area contributed by atoms with Crippen molar-refractivity contribution in [1.82, 2.24) is 19.9 Å². The van der Waals surface area contributed by atoms with Crippen LogP contribution in [0.3, 0.4) is 0 Å². The van der Waals surface area contributed by atoms with E-state index in [9.17, 15) is 0 Å². The summed E-state index contributed by atoms with van der Waals surface area (Å²) in [4.78, 5) is 17.9. The minimum Gasteiger partial charge on any atom is -0.365 e. The number of pyridine rings is 4. The molecule has 0 radical (unpaired) electrons. The van der Waals surface area contributed by atoms with Crippen LogP contribution in [-0.4, -0.2) is 19.9 Å². The quantitative estimate of drug-likeness (QED) is 0.354. The fourth-order valence-corrected chi connectivity index (χ4v) is 4.12. The molecule has 5 nitrogen and oxygen atoms in total. The summed E-state index contributed by atoms with van der Waals surface area (Å²) in [6.07, 6.45) is 9.38. The molecular formula is C28H25N5. The molecule has 0 aliphatic carbocycles. The van der Waals surface area contributed by atoms with Gasteiger partial charge >= 0.3 is 0 Å². The Kier molecular flexibility index (Phi) is 5.53. The van der Waals surface area contributed by atoms with Crippen LogP contribution in [0.1, 0.15) is 22.4 Å². The largest absolute Gasteiger partial charge is 0.365 e. The summed E-state index contributed by atoms with van der Waals surface area (Å²) < 4.78 is 0. The van der Waals surface area contributed by atoms with Gasteiger partial charge in [0.15, 0.2) is 0 Å². The fraction of sp³-hybridized carbons (Fsp3) is 0.143. The molecule has 0 saturated heterocycles. The van der Waals surface area contributed by atoms with Crippen LogP contribution in [0.2, 0.25) is 0 Å². The molecular weight excluding hydrogens is 406 g/mol. The van der Waals surface area contributed by atoms with Crippen LogP contribution in [-0.2, 0) is 6.54 Å². The predicted octanol–water partition coefficient (Wildman–Crippen LogP) is 6.29. The van der Waals surface area contributed by atoms with Gasteiger partial charge in [-0.15, -0.1) is 0 Å². The average Bonchev–Trinajstić information content (AvgIpc) is 2.82. The van der Waals surface area contributed by atoms with Crippen molar-refractivity contribution in [3.8, 4) is 22.4 Å². The summed E-state index contributed by atoms with van der Waals surface area (Å²) in [7, 11) is 0. The Labute approximate surface area is 193 Å². The summed E-state index contributed by atoms with van der Waals surface area (Å²) in [6, 6.07) is 16.9. The average molecular weight is 432 g/mol. The Balaban J connectivity index is 1.38. The second kappa shape index (κ2) is 8.79. The Morgan fingerprint density at radius 3 is 2.42 bits per heavy atom. The topological polar surface area (TPSA) is 63.6 Å². The molecule has 1 aromatic carbocycles. The van der Waals surface area contributed by atoms with Gasteiger partial charge in [0, 0.05) is 59.7 Å². The van der Waals surface area contributed by atoms with Gasteiger partial charge in [0.05, 0.1) is 5.69 Å². The second-order valence-electron chi connectivity index (χ2n) is 8.39. The van der Waals surface area contributed by atoms with E-state index in [0.29, 0.717) is 6.54 Å². The minimum absolute atomic E-state index is 0.652. The highest BCUT2D eigenvalue weighted by Gasteiger charge is 2.08. The monoisotopic (exact) mass is 431 g/mol. The number of hydrogen-bond acceptors (Lipinski definition) is 5. The smallest absolute Gasteiger partial charge is 0.134 e. The van der Waals surface area contributed by atoms with Gasteiger partial charge in [-0.05, 0) is 78.7 Å². The van der Waals surface area contributed by atoms with Gasteiger partial charge in [-0.25, -0.2) is 4.98 Å². The molecule has 0 saturated carbocycles. The molecule has 5 aromatic rings. The van der Waals surface area contributed by atoms with E-state index in [0.717, 1.165) is 61.4 Å². The van der Waals surface area contributed by atoms with Gasteiger partial charge in [-0.1, -0.05) is 18.2 Å². The maximum Gasteiger partial charge on any atom is 0.134 e. The molecule has 5 rings (SSSR count). The molecule has 0 fully saturated rings. The van der Waals surface area contributed by atoms with E-state index in [4.69, 9.17) is 4.98 Å². The molecule has 0 aliphatic heterocycles. The van der Waals surface area contributed by atoms with E-state index in [1.807, 2.05) is 50.0 Å². The lowest BCUT2D eigenvalue weighted by atomic mass is 10.0.